The summed E-state index contributed by atoms with van der Waals surface area (Å²) in [6.07, 6.45) is 2.98. The first-order chi connectivity index (χ1) is 12.4. The lowest BCUT2D eigenvalue weighted by Gasteiger charge is -2.14. The van der Waals surface area contributed by atoms with Crippen molar-refractivity contribution in [1.82, 2.24) is 4.98 Å². The highest BCUT2D eigenvalue weighted by Gasteiger charge is 2.18. The molecule has 0 aliphatic heterocycles. The van der Waals surface area contributed by atoms with E-state index in [2.05, 4.69) is 26.2 Å². The van der Waals surface area contributed by atoms with Gasteiger partial charge in [0.15, 0.2) is 5.76 Å². The summed E-state index contributed by atoms with van der Waals surface area (Å²) >= 11 is 1.61. The molecular formula is C21H18N2O2S. The van der Waals surface area contributed by atoms with Crippen LogP contribution < -0.4 is 0 Å². The van der Waals surface area contributed by atoms with Crippen molar-refractivity contribution >= 4 is 23.2 Å². The van der Waals surface area contributed by atoms with Gasteiger partial charge in [-0.15, -0.1) is 11.3 Å². The highest BCUT2D eigenvalue weighted by molar-refractivity contribution is 7.13. The van der Waals surface area contributed by atoms with E-state index in [1.165, 1.54) is 6.26 Å². The summed E-state index contributed by atoms with van der Waals surface area (Å²) in [4.78, 5) is 16.9. The molecule has 0 fully saturated rings. The van der Waals surface area contributed by atoms with E-state index in [9.17, 15) is 10.1 Å². The first kappa shape index (κ1) is 17.8. The Hall–Kier alpha value is -2.97. The summed E-state index contributed by atoms with van der Waals surface area (Å²) in [5.74, 6) is -0.261. The molecule has 4 nitrogen and oxygen atoms in total. The molecule has 2 heterocycles. The molecule has 26 heavy (non-hydrogen) atoms. The molecule has 5 heteroatoms. The predicted octanol–water partition coefficient (Wildman–Crippen LogP) is 5.49. The van der Waals surface area contributed by atoms with Gasteiger partial charge < -0.3 is 4.42 Å². The zero-order valence-corrected chi connectivity index (χ0v) is 15.6. The van der Waals surface area contributed by atoms with Crippen LogP contribution in [0.25, 0.3) is 16.6 Å². The Morgan fingerprint density at radius 1 is 1.23 bits per heavy atom. The van der Waals surface area contributed by atoms with Gasteiger partial charge in [0.05, 0.1) is 12.0 Å². The molecular weight excluding hydrogens is 344 g/mol. The van der Waals surface area contributed by atoms with Gasteiger partial charge in [-0.05, 0) is 23.8 Å². The molecule has 0 saturated heterocycles. The molecule has 0 bridgehead atoms. The fourth-order valence-corrected chi connectivity index (χ4v) is 3.38. The summed E-state index contributed by atoms with van der Waals surface area (Å²) < 4.78 is 5.07. The van der Waals surface area contributed by atoms with Crippen molar-refractivity contribution in [3.8, 4) is 16.6 Å². The second-order valence-corrected chi connectivity index (χ2v) is 7.74. The third-order valence-electron chi connectivity index (χ3n) is 3.85. The number of benzene rings is 1. The Labute approximate surface area is 156 Å². The van der Waals surface area contributed by atoms with Crippen LogP contribution in [-0.2, 0) is 5.41 Å². The minimum atomic E-state index is -0.420. The van der Waals surface area contributed by atoms with Crippen LogP contribution in [-0.4, -0.2) is 10.8 Å². The van der Waals surface area contributed by atoms with E-state index in [1.54, 1.807) is 29.5 Å². The van der Waals surface area contributed by atoms with Crippen molar-refractivity contribution in [1.29, 1.82) is 5.26 Å². The quantitative estimate of drug-likeness (QED) is 0.350. The normalized spacial score (nSPS) is 12.0. The third kappa shape index (κ3) is 3.81. The first-order valence-corrected chi connectivity index (χ1v) is 9.03. The van der Waals surface area contributed by atoms with Crippen LogP contribution >= 0.6 is 11.3 Å². The van der Waals surface area contributed by atoms with E-state index in [0.717, 1.165) is 21.8 Å². The lowest BCUT2D eigenvalue weighted by molar-refractivity contribution is 0.101. The molecule has 2 aromatic heterocycles. The van der Waals surface area contributed by atoms with Gasteiger partial charge in [-0.2, -0.15) is 5.26 Å². The zero-order valence-electron chi connectivity index (χ0n) is 14.8. The summed E-state index contributed by atoms with van der Waals surface area (Å²) in [6.45, 7) is 6.41. The molecule has 0 amide bonds. The third-order valence-corrected chi connectivity index (χ3v) is 4.74. The number of ketones is 1. The topological polar surface area (TPSA) is 66.9 Å². The predicted molar refractivity (Wildman–Crippen MR) is 103 cm³/mol. The van der Waals surface area contributed by atoms with E-state index < -0.39 is 5.78 Å². The number of carbonyl (C=O) groups is 1. The number of carbonyl (C=O) groups excluding carboxylic acids is 1. The van der Waals surface area contributed by atoms with Crippen molar-refractivity contribution in [2.24, 2.45) is 0 Å². The fourth-order valence-electron chi connectivity index (χ4n) is 2.33. The number of hydrogen-bond acceptors (Lipinski definition) is 5. The first-order valence-electron chi connectivity index (χ1n) is 8.15. The number of nitrogens with zero attached hydrogens (tertiary/aromatic N) is 2. The number of furan rings is 1. The van der Waals surface area contributed by atoms with Crippen molar-refractivity contribution in [3.05, 3.63) is 70.6 Å². The number of rotatable bonds is 4. The van der Waals surface area contributed by atoms with Crippen molar-refractivity contribution < 1.29 is 9.21 Å². The average molecular weight is 362 g/mol. The van der Waals surface area contributed by atoms with Crippen LogP contribution in [0.3, 0.4) is 0 Å². The Kier molecular flexibility index (Phi) is 4.88. The molecule has 0 aliphatic carbocycles. The molecule has 0 unspecified atom stereocenters. The standard InChI is InChI=1S/C21H18N2O2S/c1-21(2,3)18-13-26-20(23-18)15-8-6-14(7-9-15)11-16(12-22)19(24)17-5-4-10-25-17/h4-11,13H,1-3H3. The summed E-state index contributed by atoms with van der Waals surface area (Å²) in [5.41, 5.74) is 2.91. The summed E-state index contributed by atoms with van der Waals surface area (Å²) in [7, 11) is 0. The molecule has 0 N–H and O–H groups in total. The van der Waals surface area contributed by atoms with E-state index >= 15 is 0 Å². The smallest absolute Gasteiger partial charge is 0.238 e. The van der Waals surface area contributed by atoms with Gasteiger partial charge >= 0.3 is 0 Å². The molecule has 0 aliphatic rings. The lowest BCUT2D eigenvalue weighted by atomic mass is 9.93. The van der Waals surface area contributed by atoms with E-state index in [1.807, 2.05) is 30.3 Å². The van der Waals surface area contributed by atoms with Crippen LogP contribution in [0.2, 0.25) is 0 Å². The highest BCUT2D eigenvalue weighted by Crippen LogP contribution is 2.30. The molecule has 0 saturated carbocycles. The monoisotopic (exact) mass is 362 g/mol. The van der Waals surface area contributed by atoms with E-state index in [0.29, 0.717) is 0 Å². The highest BCUT2D eigenvalue weighted by atomic mass is 32.1. The lowest BCUT2D eigenvalue weighted by Crippen LogP contribution is -2.11. The Balaban J connectivity index is 1.84. The van der Waals surface area contributed by atoms with Gasteiger partial charge in [0, 0.05) is 16.4 Å². The second-order valence-electron chi connectivity index (χ2n) is 6.89. The minimum absolute atomic E-state index is 0.0192. The number of thiazole rings is 1. The number of nitriles is 1. The van der Waals surface area contributed by atoms with Gasteiger partial charge in [0.1, 0.15) is 16.6 Å². The van der Waals surface area contributed by atoms with Crippen LogP contribution in [0.1, 0.15) is 42.6 Å². The molecule has 0 radical (unpaired) electrons. The fraction of sp³-hybridized carbons (Fsp3) is 0.190. The summed E-state index contributed by atoms with van der Waals surface area (Å²) in [6, 6.07) is 12.8. The Morgan fingerprint density at radius 3 is 2.50 bits per heavy atom. The van der Waals surface area contributed by atoms with Gasteiger partial charge in [0.2, 0.25) is 5.78 Å². The van der Waals surface area contributed by atoms with Crippen LogP contribution in [0.15, 0.2) is 58.0 Å². The maximum atomic E-state index is 12.2. The maximum absolute atomic E-state index is 12.2. The molecule has 0 spiro atoms. The van der Waals surface area contributed by atoms with Gasteiger partial charge in [-0.3, -0.25) is 4.79 Å². The Bertz CT molecular complexity index is 982. The van der Waals surface area contributed by atoms with Gasteiger partial charge in [0.25, 0.3) is 0 Å². The van der Waals surface area contributed by atoms with Crippen LogP contribution in [0.4, 0.5) is 0 Å². The Morgan fingerprint density at radius 2 is 1.96 bits per heavy atom. The summed E-state index contributed by atoms with van der Waals surface area (Å²) in [5, 5.41) is 12.3. The SMILES string of the molecule is CC(C)(C)c1csc(-c2ccc(C=C(C#N)C(=O)c3ccco3)cc2)n1. The van der Waals surface area contributed by atoms with Gasteiger partial charge in [-0.25, -0.2) is 4.98 Å². The van der Waals surface area contributed by atoms with Crippen molar-refractivity contribution in [2.45, 2.75) is 26.2 Å². The largest absolute Gasteiger partial charge is 0.461 e. The molecule has 130 valence electrons. The van der Waals surface area contributed by atoms with E-state index in [4.69, 9.17) is 9.40 Å². The van der Waals surface area contributed by atoms with Crippen molar-refractivity contribution in [2.75, 3.05) is 0 Å². The van der Waals surface area contributed by atoms with Crippen LogP contribution in [0.5, 0.6) is 0 Å². The van der Waals surface area contributed by atoms with Crippen molar-refractivity contribution in [3.63, 3.8) is 0 Å². The molecule has 3 aromatic rings. The maximum Gasteiger partial charge on any atom is 0.238 e. The number of Topliss-reactive ketones (excluding diaryl/α,β-unsaturated/α-hetero) is 1. The van der Waals surface area contributed by atoms with E-state index in [-0.39, 0.29) is 16.7 Å². The second kappa shape index (κ2) is 7.11. The molecule has 1 aromatic carbocycles. The van der Waals surface area contributed by atoms with Crippen LogP contribution in [0, 0.1) is 11.3 Å². The molecule has 0 atom stereocenters. The molecule has 3 rings (SSSR count). The number of allylic oxidation sites excluding steroid dienone is 1. The minimum Gasteiger partial charge on any atom is -0.461 e. The number of aromatic nitrogens is 1. The zero-order chi connectivity index (χ0) is 18.7. The van der Waals surface area contributed by atoms with Gasteiger partial charge in [-0.1, -0.05) is 45.0 Å². The average Bonchev–Trinajstić information content (AvgIpc) is 3.30. The number of hydrogen-bond donors (Lipinski definition) is 0.